The Bertz CT molecular complexity index is 1290. The Balaban J connectivity index is 1.36. The summed E-state index contributed by atoms with van der Waals surface area (Å²) in [5, 5.41) is 12.7. The summed E-state index contributed by atoms with van der Waals surface area (Å²) in [7, 11) is 0. The number of halogens is 2. The second kappa shape index (κ2) is 10.2. The molecule has 2 heterocycles. The highest BCUT2D eigenvalue weighted by atomic mass is 35.5. The van der Waals surface area contributed by atoms with E-state index in [0.717, 1.165) is 5.56 Å². The normalized spacial score (nSPS) is 10.7. The molecule has 2 aromatic heterocycles. The zero-order chi connectivity index (χ0) is 24.1. The standard InChI is InChI=1S/C24H21ClFN5O3/c1-15-21(22(25)31(30-15)14-16-4-6-17(26)7-5-16)23(32)28-18-8-10-19(11-9-18)29-24(33)27-13-20-3-2-12-34-20/h2-12H,13-14H2,1H3,(H,28,32)(H2,27,29,33). The number of nitrogens with zero attached hydrogens (tertiary/aromatic N) is 2. The predicted molar refractivity (Wildman–Crippen MR) is 126 cm³/mol. The number of rotatable bonds is 7. The van der Waals surface area contributed by atoms with Gasteiger partial charge in [-0.3, -0.25) is 4.79 Å². The number of urea groups is 1. The molecule has 8 nitrogen and oxygen atoms in total. The zero-order valence-corrected chi connectivity index (χ0v) is 18.9. The van der Waals surface area contributed by atoms with E-state index in [4.69, 9.17) is 16.0 Å². The lowest BCUT2D eigenvalue weighted by atomic mass is 10.2. The quantitative estimate of drug-likeness (QED) is 0.337. The third-order valence-corrected chi connectivity index (χ3v) is 5.33. The van der Waals surface area contributed by atoms with Gasteiger partial charge in [0.1, 0.15) is 16.7 Å². The van der Waals surface area contributed by atoms with Crippen LogP contribution in [0.1, 0.15) is 27.4 Å². The van der Waals surface area contributed by atoms with Crippen LogP contribution in [0.5, 0.6) is 0 Å². The summed E-state index contributed by atoms with van der Waals surface area (Å²) in [6.45, 7) is 2.26. The summed E-state index contributed by atoms with van der Waals surface area (Å²) >= 11 is 6.43. The number of anilines is 2. The molecule has 0 bridgehead atoms. The number of aryl methyl sites for hydroxylation is 1. The fraction of sp³-hybridized carbons (Fsp3) is 0.125. The second-order valence-corrected chi connectivity index (χ2v) is 7.81. The first-order chi connectivity index (χ1) is 16.4. The summed E-state index contributed by atoms with van der Waals surface area (Å²) < 4.78 is 19.8. The summed E-state index contributed by atoms with van der Waals surface area (Å²) in [6.07, 6.45) is 1.53. The Morgan fingerprint density at radius 3 is 2.35 bits per heavy atom. The maximum Gasteiger partial charge on any atom is 0.319 e. The van der Waals surface area contributed by atoms with Crippen molar-refractivity contribution in [3.05, 3.63) is 100 Å². The van der Waals surface area contributed by atoms with Crippen LogP contribution in [-0.2, 0) is 13.1 Å². The molecule has 2 aromatic carbocycles. The molecule has 10 heteroatoms. The van der Waals surface area contributed by atoms with E-state index in [1.807, 2.05) is 0 Å². The molecule has 0 radical (unpaired) electrons. The molecule has 0 atom stereocenters. The highest BCUT2D eigenvalue weighted by Gasteiger charge is 2.20. The van der Waals surface area contributed by atoms with Crippen LogP contribution >= 0.6 is 11.6 Å². The Hall–Kier alpha value is -4.11. The van der Waals surface area contributed by atoms with Gasteiger partial charge in [0.15, 0.2) is 0 Å². The first kappa shape index (κ1) is 23.1. The molecule has 3 N–H and O–H groups in total. The minimum Gasteiger partial charge on any atom is -0.467 e. The van der Waals surface area contributed by atoms with Gasteiger partial charge in [0.05, 0.1) is 30.6 Å². The van der Waals surface area contributed by atoms with Crippen LogP contribution in [0.2, 0.25) is 5.15 Å². The maximum absolute atomic E-state index is 13.1. The van der Waals surface area contributed by atoms with E-state index < -0.39 is 5.91 Å². The Kier molecular flexibility index (Phi) is 6.93. The number of nitrogens with one attached hydrogen (secondary N) is 3. The van der Waals surface area contributed by atoms with E-state index in [1.165, 1.54) is 23.1 Å². The van der Waals surface area contributed by atoms with Crippen LogP contribution in [0.25, 0.3) is 0 Å². The van der Waals surface area contributed by atoms with Crippen molar-refractivity contribution in [3.8, 4) is 0 Å². The number of hydrogen-bond donors (Lipinski definition) is 3. The molecule has 0 saturated heterocycles. The van der Waals surface area contributed by atoms with Gasteiger partial charge < -0.3 is 20.4 Å². The van der Waals surface area contributed by atoms with Crippen LogP contribution in [-0.4, -0.2) is 21.7 Å². The number of carbonyl (C=O) groups excluding carboxylic acids is 2. The number of amides is 3. The average molecular weight is 482 g/mol. The van der Waals surface area contributed by atoms with Gasteiger partial charge >= 0.3 is 6.03 Å². The number of carbonyl (C=O) groups is 2. The summed E-state index contributed by atoms with van der Waals surface area (Å²) in [6, 6.07) is 15.7. The molecular formula is C24H21ClFN5O3. The lowest BCUT2D eigenvalue weighted by Gasteiger charge is -2.09. The average Bonchev–Trinajstić information content (AvgIpc) is 3.43. The zero-order valence-electron chi connectivity index (χ0n) is 18.1. The third-order valence-electron chi connectivity index (χ3n) is 4.94. The van der Waals surface area contributed by atoms with Crippen molar-refractivity contribution in [1.29, 1.82) is 0 Å². The van der Waals surface area contributed by atoms with E-state index in [-0.39, 0.29) is 29.1 Å². The second-order valence-electron chi connectivity index (χ2n) is 7.45. The number of hydrogen-bond acceptors (Lipinski definition) is 4. The summed E-state index contributed by atoms with van der Waals surface area (Å²) in [4.78, 5) is 24.8. The fourth-order valence-corrected chi connectivity index (χ4v) is 3.59. The number of furan rings is 1. The first-order valence-electron chi connectivity index (χ1n) is 10.3. The van der Waals surface area contributed by atoms with Gasteiger partial charge in [-0.15, -0.1) is 0 Å². The molecule has 0 saturated carbocycles. The van der Waals surface area contributed by atoms with Crippen LogP contribution in [0.15, 0.2) is 71.3 Å². The third kappa shape index (κ3) is 5.62. The van der Waals surface area contributed by atoms with Gasteiger partial charge in [0.2, 0.25) is 0 Å². The van der Waals surface area contributed by atoms with E-state index in [9.17, 15) is 14.0 Å². The highest BCUT2D eigenvalue weighted by molar-refractivity contribution is 6.33. The first-order valence-corrected chi connectivity index (χ1v) is 10.7. The topological polar surface area (TPSA) is 101 Å². The van der Waals surface area contributed by atoms with Crippen LogP contribution < -0.4 is 16.0 Å². The van der Waals surface area contributed by atoms with E-state index in [2.05, 4.69) is 21.0 Å². The van der Waals surface area contributed by atoms with E-state index in [1.54, 1.807) is 55.5 Å². The number of aromatic nitrogens is 2. The Labute approximate surface area is 199 Å². The van der Waals surface area contributed by atoms with Gasteiger partial charge in [0, 0.05) is 11.4 Å². The van der Waals surface area contributed by atoms with Crippen LogP contribution in [0, 0.1) is 12.7 Å². The van der Waals surface area contributed by atoms with Crippen molar-refractivity contribution < 1.29 is 18.4 Å². The van der Waals surface area contributed by atoms with Gasteiger partial charge in [-0.2, -0.15) is 5.10 Å². The molecule has 34 heavy (non-hydrogen) atoms. The van der Waals surface area contributed by atoms with Crippen molar-refractivity contribution in [3.63, 3.8) is 0 Å². The van der Waals surface area contributed by atoms with Gasteiger partial charge in [-0.25, -0.2) is 13.9 Å². The van der Waals surface area contributed by atoms with E-state index in [0.29, 0.717) is 29.4 Å². The summed E-state index contributed by atoms with van der Waals surface area (Å²) in [5.74, 6) is -0.102. The molecule has 0 aliphatic carbocycles. The molecule has 0 fully saturated rings. The van der Waals surface area contributed by atoms with Crippen LogP contribution in [0.4, 0.5) is 20.6 Å². The minimum atomic E-state index is -0.412. The maximum atomic E-state index is 13.1. The van der Waals surface area contributed by atoms with Crippen molar-refractivity contribution in [2.24, 2.45) is 0 Å². The molecule has 0 aliphatic rings. The van der Waals surface area contributed by atoms with Gasteiger partial charge in [-0.1, -0.05) is 23.7 Å². The predicted octanol–water partition coefficient (Wildman–Crippen LogP) is 5.20. The van der Waals surface area contributed by atoms with Crippen molar-refractivity contribution in [2.45, 2.75) is 20.0 Å². The fourth-order valence-electron chi connectivity index (χ4n) is 3.27. The molecule has 174 valence electrons. The van der Waals surface area contributed by atoms with Gasteiger partial charge in [0.25, 0.3) is 5.91 Å². The minimum absolute atomic E-state index is 0.186. The largest absolute Gasteiger partial charge is 0.467 e. The van der Waals surface area contributed by atoms with Gasteiger partial charge in [-0.05, 0) is 61.0 Å². The van der Waals surface area contributed by atoms with Crippen molar-refractivity contribution in [1.82, 2.24) is 15.1 Å². The molecule has 4 rings (SSSR count). The smallest absolute Gasteiger partial charge is 0.319 e. The molecule has 4 aromatic rings. The lowest BCUT2D eigenvalue weighted by Crippen LogP contribution is -2.27. The Morgan fingerprint density at radius 1 is 1.03 bits per heavy atom. The van der Waals surface area contributed by atoms with Crippen LogP contribution in [0.3, 0.4) is 0 Å². The number of benzene rings is 2. The molecule has 3 amide bonds. The highest BCUT2D eigenvalue weighted by Crippen LogP contribution is 2.23. The SMILES string of the molecule is Cc1nn(Cc2ccc(F)cc2)c(Cl)c1C(=O)Nc1ccc(NC(=O)NCc2ccco2)cc1. The van der Waals surface area contributed by atoms with E-state index >= 15 is 0 Å². The summed E-state index contributed by atoms with van der Waals surface area (Å²) in [5.41, 5.74) is 2.60. The van der Waals surface area contributed by atoms with Crippen molar-refractivity contribution >= 4 is 34.9 Å². The molecule has 0 aliphatic heterocycles. The van der Waals surface area contributed by atoms with Crippen molar-refractivity contribution in [2.75, 3.05) is 10.6 Å². The monoisotopic (exact) mass is 481 g/mol. The molecular weight excluding hydrogens is 461 g/mol. The lowest BCUT2D eigenvalue weighted by molar-refractivity contribution is 0.102. The molecule has 0 unspecified atom stereocenters. The Morgan fingerprint density at radius 2 is 1.71 bits per heavy atom. The molecule has 0 spiro atoms.